The molecule has 110 valence electrons. The van der Waals surface area contributed by atoms with Crippen LogP contribution in [-0.2, 0) is 10.0 Å². The van der Waals surface area contributed by atoms with Crippen LogP contribution < -0.4 is 4.72 Å². The Balaban J connectivity index is 2.03. The lowest BCUT2D eigenvalue weighted by molar-refractivity contribution is 0.602. The summed E-state index contributed by atoms with van der Waals surface area (Å²) in [4.78, 5) is 3.01. The standard InChI is InChI=1S/C15H10ClN3O2S/c16-11-4-5-13-14(7-11)18-9-15(13)22(20,21)19-12-3-1-2-10(6-12)8-17/h1-7,9,18-19H. The summed E-state index contributed by atoms with van der Waals surface area (Å²) in [5.41, 5.74) is 1.35. The molecule has 0 atom stereocenters. The van der Waals surface area contributed by atoms with E-state index in [9.17, 15) is 8.42 Å². The highest BCUT2D eigenvalue weighted by molar-refractivity contribution is 7.93. The second-order valence-electron chi connectivity index (χ2n) is 4.64. The van der Waals surface area contributed by atoms with Crippen molar-refractivity contribution >= 4 is 38.2 Å². The molecule has 3 rings (SSSR count). The lowest BCUT2D eigenvalue weighted by Crippen LogP contribution is -2.12. The lowest BCUT2D eigenvalue weighted by Gasteiger charge is -2.07. The summed E-state index contributed by atoms with van der Waals surface area (Å²) in [5.74, 6) is 0. The van der Waals surface area contributed by atoms with Gasteiger partial charge >= 0.3 is 0 Å². The number of halogens is 1. The van der Waals surface area contributed by atoms with Gasteiger partial charge in [-0.3, -0.25) is 4.72 Å². The summed E-state index contributed by atoms with van der Waals surface area (Å²) in [6, 6.07) is 13.2. The van der Waals surface area contributed by atoms with Crippen LogP contribution in [0.15, 0.2) is 53.6 Å². The van der Waals surface area contributed by atoms with E-state index in [4.69, 9.17) is 16.9 Å². The summed E-state index contributed by atoms with van der Waals surface area (Å²) < 4.78 is 27.5. The number of fused-ring (bicyclic) bond motifs is 1. The van der Waals surface area contributed by atoms with Crippen molar-refractivity contribution in [2.75, 3.05) is 4.72 Å². The molecule has 22 heavy (non-hydrogen) atoms. The molecule has 0 saturated carbocycles. The Morgan fingerprint density at radius 1 is 1.18 bits per heavy atom. The van der Waals surface area contributed by atoms with E-state index in [1.165, 1.54) is 12.3 Å². The van der Waals surface area contributed by atoms with E-state index < -0.39 is 10.0 Å². The SMILES string of the molecule is N#Cc1cccc(NS(=O)(=O)c2c[nH]c3cc(Cl)ccc23)c1. The molecule has 2 N–H and O–H groups in total. The molecule has 0 unspecified atom stereocenters. The predicted molar refractivity (Wildman–Crippen MR) is 85.3 cm³/mol. The van der Waals surface area contributed by atoms with Gasteiger partial charge in [-0.2, -0.15) is 5.26 Å². The van der Waals surface area contributed by atoms with E-state index in [1.54, 1.807) is 36.4 Å². The molecule has 0 saturated heterocycles. The van der Waals surface area contributed by atoms with E-state index in [1.807, 2.05) is 6.07 Å². The zero-order valence-electron chi connectivity index (χ0n) is 11.2. The maximum Gasteiger partial charge on any atom is 0.264 e. The molecule has 5 nitrogen and oxygen atoms in total. The third-order valence-electron chi connectivity index (χ3n) is 3.14. The van der Waals surface area contributed by atoms with Crippen molar-refractivity contribution in [1.29, 1.82) is 5.26 Å². The van der Waals surface area contributed by atoms with Gasteiger partial charge in [0, 0.05) is 22.1 Å². The van der Waals surface area contributed by atoms with Crippen LogP contribution >= 0.6 is 11.6 Å². The van der Waals surface area contributed by atoms with Crippen LogP contribution in [0.4, 0.5) is 5.69 Å². The third kappa shape index (κ3) is 2.64. The number of hydrogen-bond donors (Lipinski definition) is 2. The summed E-state index contributed by atoms with van der Waals surface area (Å²) in [7, 11) is -3.77. The molecule has 1 heterocycles. The summed E-state index contributed by atoms with van der Waals surface area (Å²) in [5, 5.41) is 9.94. The molecular weight excluding hydrogens is 322 g/mol. The number of nitriles is 1. The van der Waals surface area contributed by atoms with Crippen molar-refractivity contribution in [3.63, 3.8) is 0 Å². The average molecular weight is 332 g/mol. The summed E-state index contributed by atoms with van der Waals surface area (Å²) in [6.07, 6.45) is 1.41. The van der Waals surface area contributed by atoms with Gasteiger partial charge in [0.1, 0.15) is 4.90 Å². The first kappa shape index (κ1) is 14.4. The number of benzene rings is 2. The molecular formula is C15H10ClN3O2S. The molecule has 0 amide bonds. The van der Waals surface area contributed by atoms with Crippen LogP contribution in [0.5, 0.6) is 0 Å². The van der Waals surface area contributed by atoms with E-state index in [-0.39, 0.29) is 4.90 Å². The Labute approximate surface area is 132 Å². The Bertz CT molecular complexity index is 1000. The number of nitrogens with zero attached hydrogens (tertiary/aromatic N) is 1. The van der Waals surface area contributed by atoms with Crippen LogP contribution in [0.1, 0.15) is 5.56 Å². The minimum absolute atomic E-state index is 0.126. The number of sulfonamides is 1. The number of rotatable bonds is 3. The minimum atomic E-state index is -3.77. The van der Waals surface area contributed by atoms with Gasteiger partial charge in [0.25, 0.3) is 10.0 Å². The van der Waals surface area contributed by atoms with Gasteiger partial charge in [-0.15, -0.1) is 0 Å². The lowest BCUT2D eigenvalue weighted by atomic mass is 10.2. The highest BCUT2D eigenvalue weighted by atomic mass is 35.5. The van der Waals surface area contributed by atoms with Crippen LogP contribution in [0, 0.1) is 11.3 Å². The van der Waals surface area contributed by atoms with Gasteiger partial charge in [-0.25, -0.2) is 8.42 Å². The predicted octanol–water partition coefficient (Wildman–Crippen LogP) is 3.49. The average Bonchev–Trinajstić information content (AvgIpc) is 2.90. The Kier molecular flexibility index (Phi) is 3.53. The number of anilines is 1. The van der Waals surface area contributed by atoms with E-state index in [2.05, 4.69) is 9.71 Å². The van der Waals surface area contributed by atoms with Crippen molar-refractivity contribution in [2.45, 2.75) is 4.90 Å². The Morgan fingerprint density at radius 3 is 2.77 bits per heavy atom. The van der Waals surface area contributed by atoms with E-state index >= 15 is 0 Å². The molecule has 0 aliphatic heterocycles. The Hall–Kier alpha value is -2.49. The second kappa shape index (κ2) is 5.37. The fraction of sp³-hybridized carbons (Fsp3) is 0. The molecule has 7 heteroatoms. The van der Waals surface area contributed by atoms with Gasteiger partial charge in [-0.05, 0) is 36.4 Å². The van der Waals surface area contributed by atoms with Gasteiger partial charge in [-0.1, -0.05) is 17.7 Å². The molecule has 0 spiro atoms. The largest absolute Gasteiger partial charge is 0.360 e. The zero-order valence-corrected chi connectivity index (χ0v) is 12.7. The van der Waals surface area contributed by atoms with Crippen molar-refractivity contribution in [2.24, 2.45) is 0 Å². The maximum absolute atomic E-state index is 12.5. The summed E-state index contributed by atoms with van der Waals surface area (Å²) >= 11 is 5.89. The monoisotopic (exact) mass is 331 g/mol. The highest BCUT2D eigenvalue weighted by Gasteiger charge is 2.19. The number of aromatic amines is 1. The minimum Gasteiger partial charge on any atom is -0.360 e. The zero-order chi connectivity index (χ0) is 15.7. The number of aromatic nitrogens is 1. The van der Waals surface area contributed by atoms with E-state index in [0.717, 1.165) is 0 Å². The molecule has 2 aromatic carbocycles. The highest BCUT2D eigenvalue weighted by Crippen LogP contribution is 2.27. The molecule has 0 aliphatic rings. The summed E-state index contributed by atoms with van der Waals surface area (Å²) in [6.45, 7) is 0. The fourth-order valence-corrected chi connectivity index (χ4v) is 3.56. The van der Waals surface area contributed by atoms with Gasteiger partial charge in [0.05, 0.1) is 17.3 Å². The van der Waals surface area contributed by atoms with Gasteiger partial charge in [0.15, 0.2) is 0 Å². The normalized spacial score (nSPS) is 11.3. The smallest absolute Gasteiger partial charge is 0.264 e. The fourth-order valence-electron chi connectivity index (χ4n) is 2.16. The van der Waals surface area contributed by atoms with Crippen molar-refractivity contribution in [3.8, 4) is 6.07 Å². The molecule has 0 radical (unpaired) electrons. The first-order valence-corrected chi connectivity index (χ1v) is 8.15. The van der Waals surface area contributed by atoms with Crippen molar-refractivity contribution < 1.29 is 8.42 Å². The second-order valence-corrected chi connectivity index (χ2v) is 6.73. The number of hydrogen-bond acceptors (Lipinski definition) is 3. The number of nitrogens with one attached hydrogen (secondary N) is 2. The van der Waals surface area contributed by atoms with Crippen molar-refractivity contribution in [1.82, 2.24) is 4.98 Å². The van der Waals surface area contributed by atoms with Gasteiger partial charge < -0.3 is 4.98 Å². The molecule has 0 fully saturated rings. The van der Waals surface area contributed by atoms with Gasteiger partial charge in [0.2, 0.25) is 0 Å². The molecule has 0 bridgehead atoms. The van der Waals surface area contributed by atoms with Crippen LogP contribution in [-0.4, -0.2) is 13.4 Å². The molecule has 3 aromatic rings. The first-order valence-electron chi connectivity index (χ1n) is 6.29. The quantitative estimate of drug-likeness (QED) is 0.770. The maximum atomic E-state index is 12.5. The van der Waals surface area contributed by atoms with Crippen LogP contribution in [0.25, 0.3) is 10.9 Å². The first-order chi connectivity index (χ1) is 10.5. The van der Waals surface area contributed by atoms with Crippen molar-refractivity contribution in [3.05, 3.63) is 59.2 Å². The van der Waals surface area contributed by atoms with Crippen LogP contribution in [0.2, 0.25) is 5.02 Å². The topological polar surface area (TPSA) is 85.8 Å². The third-order valence-corrected chi connectivity index (χ3v) is 4.80. The van der Waals surface area contributed by atoms with E-state index in [0.29, 0.717) is 27.2 Å². The van der Waals surface area contributed by atoms with Crippen LogP contribution in [0.3, 0.4) is 0 Å². The number of H-pyrrole nitrogens is 1. The Morgan fingerprint density at radius 2 is 2.00 bits per heavy atom. The molecule has 1 aromatic heterocycles. The molecule has 0 aliphatic carbocycles.